The second kappa shape index (κ2) is 1.98. The van der Waals surface area contributed by atoms with Crippen molar-refractivity contribution in [1.82, 2.24) is 0 Å². The Morgan fingerprint density at radius 1 is 1.33 bits per heavy atom. The Morgan fingerprint density at radius 2 is 2.22 bits per heavy atom. The molecule has 0 radical (unpaired) electrons. The van der Waals surface area contributed by atoms with Gasteiger partial charge in [-0.05, 0) is 25.2 Å². The third-order valence-corrected chi connectivity index (χ3v) is 2.70. The van der Waals surface area contributed by atoms with E-state index in [9.17, 15) is 0 Å². The van der Waals surface area contributed by atoms with E-state index in [1.165, 1.54) is 19.3 Å². The minimum Gasteiger partial charge on any atom is -0.377 e. The Bertz CT molecular complexity index is 111. The third kappa shape index (κ3) is 0.877. The van der Waals surface area contributed by atoms with E-state index in [1.54, 1.807) is 0 Å². The van der Waals surface area contributed by atoms with Crippen LogP contribution >= 0.6 is 0 Å². The first-order valence-electron chi connectivity index (χ1n) is 3.98. The summed E-state index contributed by atoms with van der Waals surface area (Å²) in [6.45, 7) is 3.41. The van der Waals surface area contributed by atoms with Crippen molar-refractivity contribution in [3.8, 4) is 0 Å². The molecule has 0 unspecified atom stereocenters. The van der Waals surface area contributed by atoms with Crippen molar-refractivity contribution in [2.45, 2.75) is 32.3 Å². The molecular formula is C8H14O. The second-order valence-corrected chi connectivity index (χ2v) is 3.55. The Hall–Kier alpha value is -0.0400. The minimum absolute atomic E-state index is 0.668. The molecule has 2 rings (SSSR count). The summed E-state index contributed by atoms with van der Waals surface area (Å²) in [5.41, 5.74) is 0. The molecule has 0 aromatic carbocycles. The largest absolute Gasteiger partial charge is 0.377 e. The van der Waals surface area contributed by atoms with Gasteiger partial charge in [-0.2, -0.15) is 0 Å². The maximum absolute atomic E-state index is 5.38. The molecule has 1 saturated carbocycles. The zero-order chi connectivity index (χ0) is 6.27. The smallest absolute Gasteiger partial charge is 0.0625 e. The predicted molar refractivity (Wildman–Crippen MR) is 36.2 cm³/mol. The second-order valence-electron chi connectivity index (χ2n) is 3.55. The molecule has 1 aliphatic heterocycles. The van der Waals surface area contributed by atoms with Gasteiger partial charge in [-0.25, -0.2) is 0 Å². The summed E-state index contributed by atoms with van der Waals surface area (Å²) < 4.78 is 5.38. The maximum Gasteiger partial charge on any atom is 0.0625 e. The van der Waals surface area contributed by atoms with E-state index in [2.05, 4.69) is 6.92 Å². The molecule has 1 saturated heterocycles. The molecule has 2 aliphatic rings. The molecule has 0 spiro atoms. The first-order valence-corrected chi connectivity index (χ1v) is 3.98. The Kier molecular flexibility index (Phi) is 1.26. The molecule has 3 atom stereocenters. The van der Waals surface area contributed by atoms with Crippen molar-refractivity contribution >= 4 is 0 Å². The van der Waals surface area contributed by atoms with Crippen LogP contribution in [0, 0.1) is 11.8 Å². The van der Waals surface area contributed by atoms with Gasteiger partial charge in [0.25, 0.3) is 0 Å². The van der Waals surface area contributed by atoms with Gasteiger partial charge in [-0.1, -0.05) is 6.92 Å². The average Bonchev–Trinajstić information content (AvgIpc) is 1.78. The Morgan fingerprint density at radius 3 is 2.67 bits per heavy atom. The van der Waals surface area contributed by atoms with Gasteiger partial charge >= 0.3 is 0 Å². The van der Waals surface area contributed by atoms with E-state index in [0.29, 0.717) is 6.10 Å². The van der Waals surface area contributed by atoms with Crippen molar-refractivity contribution < 1.29 is 4.74 Å². The van der Waals surface area contributed by atoms with Crippen LogP contribution in [-0.2, 0) is 4.74 Å². The van der Waals surface area contributed by atoms with Crippen molar-refractivity contribution in [3.63, 3.8) is 0 Å². The predicted octanol–water partition coefficient (Wildman–Crippen LogP) is 1.82. The summed E-state index contributed by atoms with van der Waals surface area (Å²) in [5, 5.41) is 0. The highest BCUT2D eigenvalue weighted by Gasteiger charge is 2.36. The summed E-state index contributed by atoms with van der Waals surface area (Å²) in [4.78, 5) is 0. The van der Waals surface area contributed by atoms with Crippen LogP contribution in [0.2, 0.25) is 0 Å². The normalized spacial score (nSPS) is 49.7. The average molecular weight is 126 g/mol. The summed E-state index contributed by atoms with van der Waals surface area (Å²) >= 11 is 0. The molecule has 0 aromatic rings. The number of fused-ring (bicyclic) bond motifs is 1. The molecule has 0 bridgehead atoms. The number of hydrogen-bond acceptors (Lipinski definition) is 1. The lowest BCUT2D eigenvalue weighted by atomic mass is 9.78. The Balaban J connectivity index is 1.92. The number of ether oxygens (including phenoxy) is 1. The molecule has 0 N–H and O–H groups in total. The molecule has 1 heterocycles. The van der Waals surface area contributed by atoms with Gasteiger partial charge in [0.15, 0.2) is 0 Å². The molecule has 52 valence electrons. The lowest BCUT2D eigenvalue weighted by Gasteiger charge is -2.42. The number of rotatable bonds is 0. The maximum atomic E-state index is 5.38. The number of hydrogen-bond donors (Lipinski definition) is 0. The molecule has 0 amide bonds. The summed E-state index contributed by atoms with van der Waals surface area (Å²) in [6, 6.07) is 0. The van der Waals surface area contributed by atoms with E-state index < -0.39 is 0 Å². The third-order valence-electron chi connectivity index (χ3n) is 2.70. The van der Waals surface area contributed by atoms with Crippen molar-refractivity contribution in [2.24, 2.45) is 11.8 Å². The fourth-order valence-electron chi connectivity index (χ4n) is 1.99. The highest BCUT2D eigenvalue weighted by atomic mass is 16.5. The molecule has 1 heteroatoms. The van der Waals surface area contributed by atoms with Gasteiger partial charge in [0.1, 0.15) is 0 Å². The quantitative estimate of drug-likeness (QED) is 0.481. The van der Waals surface area contributed by atoms with Crippen LogP contribution < -0.4 is 0 Å². The van der Waals surface area contributed by atoms with Crippen LogP contribution in [0.3, 0.4) is 0 Å². The SMILES string of the molecule is C[C@H]1CC[C@H]2OC[C@H]2C1. The monoisotopic (exact) mass is 126 g/mol. The zero-order valence-corrected chi connectivity index (χ0v) is 5.97. The van der Waals surface area contributed by atoms with Crippen molar-refractivity contribution in [3.05, 3.63) is 0 Å². The highest BCUT2D eigenvalue weighted by Crippen LogP contribution is 2.37. The van der Waals surface area contributed by atoms with E-state index in [-0.39, 0.29) is 0 Å². The standard InChI is InChI=1S/C8H14O/c1-6-2-3-8-7(4-6)5-9-8/h6-8H,2-5H2,1H3/t6-,7+,8+/m0/s1. The van der Waals surface area contributed by atoms with Crippen molar-refractivity contribution in [2.75, 3.05) is 6.61 Å². The lowest BCUT2D eigenvalue weighted by molar-refractivity contribution is -0.142. The van der Waals surface area contributed by atoms with Crippen LogP contribution in [-0.4, -0.2) is 12.7 Å². The molecule has 0 aromatic heterocycles. The highest BCUT2D eigenvalue weighted by molar-refractivity contribution is 4.84. The van der Waals surface area contributed by atoms with E-state index in [1.807, 2.05) is 0 Å². The van der Waals surface area contributed by atoms with Crippen LogP contribution in [0.5, 0.6) is 0 Å². The van der Waals surface area contributed by atoms with Crippen LogP contribution in [0.4, 0.5) is 0 Å². The first kappa shape index (κ1) is 5.72. The molecular weight excluding hydrogens is 112 g/mol. The summed E-state index contributed by atoms with van der Waals surface area (Å²) in [5.74, 6) is 1.91. The molecule has 1 aliphatic carbocycles. The van der Waals surface area contributed by atoms with Gasteiger partial charge in [-0.3, -0.25) is 0 Å². The van der Waals surface area contributed by atoms with Gasteiger partial charge < -0.3 is 4.74 Å². The van der Waals surface area contributed by atoms with E-state index in [4.69, 9.17) is 4.74 Å². The van der Waals surface area contributed by atoms with Gasteiger partial charge in [-0.15, -0.1) is 0 Å². The van der Waals surface area contributed by atoms with Crippen LogP contribution in [0.25, 0.3) is 0 Å². The lowest BCUT2D eigenvalue weighted by Crippen LogP contribution is -2.43. The summed E-state index contributed by atoms with van der Waals surface area (Å²) in [7, 11) is 0. The molecule has 1 nitrogen and oxygen atoms in total. The van der Waals surface area contributed by atoms with Crippen LogP contribution in [0.15, 0.2) is 0 Å². The Labute approximate surface area is 56.4 Å². The molecule has 9 heavy (non-hydrogen) atoms. The van der Waals surface area contributed by atoms with Gasteiger partial charge in [0, 0.05) is 5.92 Å². The fraction of sp³-hybridized carbons (Fsp3) is 1.00. The van der Waals surface area contributed by atoms with E-state index >= 15 is 0 Å². The van der Waals surface area contributed by atoms with Gasteiger partial charge in [0.05, 0.1) is 12.7 Å². The topological polar surface area (TPSA) is 9.23 Å². The van der Waals surface area contributed by atoms with Crippen LogP contribution in [0.1, 0.15) is 26.2 Å². The fourth-order valence-corrected chi connectivity index (χ4v) is 1.99. The molecule has 2 fully saturated rings. The minimum atomic E-state index is 0.668. The van der Waals surface area contributed by atoms with E-state index in [0.717, 1.165) is 18.4 Å². The summed E-state index contributed by atoms with van der Waals surface area (Å²) in [6.07, 6.45) is 4.80. The van der Waals surface area contributed by atoms with Gasteiger partial charge in [0.2, 0.25) is 0 Å². The van der Waals surface area contributed by atoms with Crippen molar-refractivity contribution in [1.29, 1.82) is 0 Å². The zero-order valence-electron chi connectivity index (χ0n) is 5.97. The first-order chi connectivity index (χ1) is 4.36.